The summed E-state index contributed by atoms with van der Waals surface area (Å²) in [5.41, 5.74) is 1.69. The second-order valence-electron chi connectivity index (χ2n) is 7.71. The number of benzene rings is 3. The van der Waals surface area contributed by atoms with E-state index in [0.29, 0.717) is 24.5 Å². The molecular formula is C26H28ClNO6S. The molecule has 186 valence electrons. The molecule has 9 heteroatoms. The molecule has 0 saturated carbocycles. The Morgan fingerprint density at radius 2 is 1.80 bits per heavy atom. The zero-order valence-electron chi connectivity index (χ0n) is 19.3. The number of para-hydroxylation sites is 1. The zero-order chi connectivity index (χ0) is 25.3. The number of hydrogen-bond acceptors (Lipinski definition) is 7. The van der Waals surface area contributed by atoms with Gasteiger partial charge >= 0.3 is 5.97 Å². The van der Waals surface area contributed by atoms with Crippen LogP contribution in [-0.2, 0) is 25.8 Å². The molecule has 0 radical (unpaired) electrons. The fraction of sp³-hybridized carbons (Fsp3) is 0.269. The first-order chi connectivity index (χ1) is 16.8. The molecule has 0 saturated heterocycles. The minimum atomic E-state index is -3.85. The Kier molecular flexibility index (Phi) is 9.68. The van der Waals surface area contributed by atoms with Gasteiger partial charge in [-0.25, -0.2) is 13.2 Å². The highest BCUT2D eigenvalue weighted by Crippen LogP contribution is 2.29. The molecule has 0 aromatic heterocycles. The number of nitrogens with one attached hydrogen (secondary N) is 1. The number of carbonyl (C=O) groups excluding carboxylic acids is 1. The molecule has 3 aromatic rings. The van der Waals surface area contributed by atoms with E-state index in [2.05, 4.69) is 5.32 Å². The number of halogens is 1. The van der Waals surface area contributed by atoms with E-state index in [1.165, 1.54) is 12.1 Å². The largest absolute Gasteiger partial charge is 0.481 e. The third-order valence-corrected chi connectivity index (χ3v) is 7.23. The van der Waals surface area contributed by atoms with E-state index >= 15 is 0 Å². The van der Waals surface area contributed by atoms with Gasteiger partial charge < -0.3 is 19.9 Å². The molecule has 0 spiro atoms. The highest BCUT2D eigenvalue weighted by atomic mass is 35.5. The van der Waals surface area contributed by atoms with Gasteiger partial charge in [0.25, 0.3) is 0 Å². The Morgan fingerprint density at radius 3 is 2.51 bits per heavy atom. The number of aliphatic hydroxyl groups is 1. The molecule has 0 bridgehead atoms. The summed E-state index contributed by atoms with van der Waals surface area (Å²) in [6.45, 7) is 2.49. The molecule has 3 rings (SSSR count). The molecule has 35 heavy (non-hydrogen) atoms. The number of esters is 1. The lowest BCUT2D eigenvalue weighted by molar-refractivity contribution is -0.145. The highest BCUT2D eigenvalue weighted by molar-refractivity contribution is 7.91. The van der Waals surface area contributed by atoms with Crippen LogP contribution in [0.4, 0.5) is 0 Å². The monoisotopic (exact) mass is 517 g/mol. The van der Waals surface area contributed by atoms with Gasteiger partial charge in [-0.15, -0.1) is 0 Å². The van der Waals surface area contributed by atoms with E-state index in [-0.39, 0.29) is 28.8 Å². The summed E-state index contributed by atoms with van der Waals surface area (Å²) < 4.78 is 36.6. The second kappa shape index (κ2) is 12.7. The van der Waals surface area contributed by atoms with Crippen molar-refractivity contribution in [3.05, 3.63) is 88.9 Å². The molecular weight excluding hydrogens is 490 g/mol. The topological polar surface area (TPSA) is 102 Å². The Bertz CT molecular complexity index is 1230. The zero-order valence-corrected chi connectivity index (χ0v) is 20.9. The van der Waals surface area contributed by atoms with Crippen LogP contribution in [0.3, 0.4) is 0 Å². The van der Waals surface area contributed by atoms with Crippen LogP contribution in [0.15, 0.2) is 82.6 Å². The quantitative estimate of drug-likeness (QED) is 0.277. The predicted molar refractivity (Wildman–Crippen MR) is 133 cm³/mol. The predicted octanol–water partition coefficient (Wildman–Crippen LogP) is 3.98. The summed E-state index contributed by atoms with van der Waals surface area (Å²) in [7, 11) is -3.85. The second-order valence-corrected chi connectivity index (χ2v) is 10.1. The minimum Gasteiger partial charge on any atom is -0.481 e. The van der Waals surface area contributed by atoms with Crippen LogP contribution in [0.2, 0.25) is 5.02 Å². The molecule has 0 fully saturated rings. The summed E-state index contributed by atoms with van der Waals surface area (Å²) in [6, 6.07) is 19.9. The molecule has 1 atom stereocenters. The number of carbonyl (C=O) groups is 1. The van der Waals surface area contributed by atoms with Crippen molar-refractivity contribution in [2.24, 2.45) is 0 Å². The number of aliphatic hydroxyl groups excluding tert-OH is 1. The van der Waals surface area contributed by atoms with Gasteiger partial charge in [0, 0.05) is 11.6 Å². The number of sulfone groups is 1. The first-order valence-corrected chi connectivity index (χ1v) is 13.0. The van der Waals surface area contributed by atoms with E-state index in [1.54, 1.807) is 61.5 Å². The molecule has 0 unspecified atom stereocenters. The summed E-state index contributed by atoms with van der Waals surface area (Å²) in [6.07, 6.45) is -0.0192. The number of ether oxygens (including phenoxy) is 2. The standard InChI is InChI=1S/C26H28ClNO6S/c1-2-33-26(30)18-34-24-8-3-4-9-25(24)35(31,32)22-12-10-19(11-13-22)14-15-28-17-23(29)20-6-5-7-21(27)16-20/h3-13,16,23,28-29H,2,14-15,17-18H2,1H3/t23-/m0/s1. The molecule has 7 nitrogen and oxygen atoms in total. The number of hydrogen-bond donors (Lipinski definition) is 2. The normalized spacial score (nSPS) is 12.2. The molecule has 0 aliphatic heterocycles. The lowest BCUT2D eigenvalue weighted by atomic mass is 10.1. The van der Waals surface area contributed by atoms with Crippen LogP contribution in [0.5, 0.6) is 5.75 Å². The van der Waals surface area contributed by atoms with Crippen LogP contribution in [0.1, 0.15) is 24.2 Å². The molecule has 0 aliphatic carbocycles. The fourth-order valence-corrected chi connectivity index (χ4v) is 4.99. The van der Waals surface area contributed by atoms with Gasteiger partial charge in [0.2, 0.25) is 9.84 Å². The molecule has 3 aromatic carbocycles. The lowest BCUT2D eigenvalue weighted by Crippen LogP contribution is -2.23. The maximum Gasteiger partial charge on any atom is 0.344 e. The van der Waals surface area contributed by atoms with E-state index in [1.807, 2.05) is 6.07 Å². The Balaban J connectivity index is 1.58. The van der Waals surface area contributed by atoms with E-state index in [4.69, 9.17) is 21.1 Å². The maximum absolute atomic E-state index is 13.2. The van der Waals surface area contributed by atoms with Gasteiger partial charge in [0.05, 0.1) is 17.6 Å². The summed E-state index contributed by atoms with van der Waals surface area (Å²) in [4.78, 5) is 11.7. The molecule has 0 aliphatic rings. The van der Waals surface area contributed by atoms with Crippen molar-refractivity contribution in [2.75, 3.05) is 26.3 Å². The molecule has 2 N–H and O–H groups in total. The van der Waals surface area contributed by atoms with Gasteiger partial charge in [-0.3, -0.25) is 0 Å². The summed E-state index contributed by atoms with van der Waals surface area (Å²) >= 11 is 5.96. The maximum atomic E-state index is 13.2. The third-order valence-electron chi connectivity index (χ3n) is 5.18. The van der Waals surface area contributed by atoms with Gasteiger partial charge in [0.15, 0.2) is 6.61 Å². The van der Waals surface area contributed by atoms with Crippen molar-refractivity contribution >= 4 is 27.4 Å². The molecule has 0 heterocycles. The van der Waals surface area contributed by atoms with Gasteiger partial charge in [-0.2, -0.15) is 0 Å². The third kappa shape index (κ3) is 7.53. The van der Waals surface area contributed by atoms with Crippen molar-refractivity contribution in [3.63, 3.8) is 0 Å². The van der Waals surface area contributed by atoms with Crippen LogP contribution in [-0.4, -0.2) is 45.8 Å². The average molecular weight is 518 g/mol. The Hall–Kier alpha value is -2.91. The van der Waals surface area contributed by atoms with Crippen LogP contribution in [0.25, 0.3) is 0 Å². The SMILES string of the molecule is CCOC(=O)COc1ccccc1S(=O)(=O)c1ccc(CCNC[C@H](O)c2cccc(Cl)c2)cc1. The first-order valence-electron chi connectivity index (χ1n) is 11.2. The van der Waals surface area contributed by atoms with Gasteiger partial charge in [-0.1, -0.05) is 48.0 Å². The average Bonchev–Trinajstić information content (AvgIpc) is 2.86. The van der Waals surface area contributed by atoms with Crippen LogP contribution in [0, 0.1) is 0 Å². The van der Waals surface area contributed by atoms with Crippen LogP contribution >= 0.6 is 11.6 Å². The van der Waals surface area contributed by atoms with Crippen molar-refractivity contribution in [1.29, 1.82) is 0 Å². The van der Waals surface area contributed by atoms with Crippen molar-refractivity contribution in [1.82, 2.24) is 5.32 Å². The smallest absolute Gasteiger partial charge is 0.344 e. The van der Waals surface area contributed by atoms with Crippen LogP contribution < -0.4 is 10.1 Å². The minimum absolute atomic E-state index is 0.0197. The van der Waals surface area contributed by atoms with E-state index in [0.717, 1.165) is 11.1 Å². The Labute approximate surface area is 210 Å². The fourth-order valence-electron chi connectivity index (χ4n) is 3.40. The molecule has 0 amide bonds. The van der Waals surface area contributed by atoms with Gasteiger partial charge in [0.1, 0.15) is 10.6 Å². The van der Waals surface area contributed by atoms with Gasteiger partial charge in [-0.05, 0) is 67.4 Å². The van der Waals surface area contributed by atoms with E-state index in [9.17, 15) is 18.3 Å². The van der Waals surface area contributed by atoms with Crippen molar-refractivity contribution in [2.45, 2.75) is 29.2 Å². The highest BCUT2D eigenvalue weighted by Gasteiger charge is 2.22. The number of rotatable bonds is 12. The first kappa shape index (κ1) is 26.7. The van der Waals surface area contributed by atoms with Crippen molar-refractivity contribution in [3.8, 4) is 5.75 Å². The summed E-state index contributed by atoms with van der Waals surface area (Å²) in [5, 5.41) is 14.0. The lowest BCUT2D eigenvalue weighted by Gasteiger charge is -2.13. The summed E-state index contributed by atoms with van der Waals surface area (Å²) in [5.74, 6) is -0.482. The van der Waals surface area contributed by atoms with Crippen molar-refractivity contribution < 1.29 is 27.8 Å². The Morgan fingerprint density at radius 1 is 1.06 bits per heavy atom. The van der Waals surface area contributed by atoms with E-state index < -0.39 is 21.9 Å².